The minimum atomic E-state index is -0.299. The highest BCUT2D eigenvalue weighted by atomic mass is 35.5. The molecule has 1 aromatic heterocycles. The Morgan fingerprint density at radius 3 is 2.55 bits per heavy atom. The van der Waals surface area contributed by atoms with Gasteiger partial charge in [-0.3, -0.25) is 9.78 Å². The molecule has 5 nitrogen and oxygen atoms in total. The van der Waals surface area contributed by atoms with E-state index in [2.05, 4.69) is 18.0 Å². The normalized spacial score (nSPS) is 16.8. The van der Waals surface area contributed by atoms with Crippen molar-refractivity contribution in [3.63, 3.8) is 0 Å². The van der Waals surface area contributed by atoms with E-state index in [9.17, 15) is 9.90 Å². The number of hydrogen-bond acceptors (Lipinski definition) is 4. The average molecular weight is 465 g/mol. The van der Waals surface area contributed by atoms with E-state index in [1.807, 2.05) is 48.5 Å². The first kappa shape index (κ1) is 23.3. The van der Waals surface area contributed by atoms with E-state index in [0.29, 0.717) is 25.9 Å². The smallest absolute Gasteiger partial charge is 0.223 e. The molecule has 1 N–H and O–H groups in total. The van der Waals surface area contributed by atoms with Gasteiger partial charge < -0.3 is 14.7 Å². The van der Waals surface area contributed by atoms with Crippen molar-refractivity contribution in [2.45, 2.75) is 44.8 Å². The number of nitrogens with zero attached hydrogens (tertiary/aromatic N) is 2. The Balaban J connectivity index is 1.36. The number of benzene rings is 2. The molecule has 172 valence electrons. The molecule has 0 saturated heterocycles. The van der Waals surface area contributed by atoms with Gasteiger partial charge in [-0.25, -0.2) is 0 Å². The number of aliphatic hydroxyl groups excluding tert-OH is 1. The number of pyridine rings is 1. The first-order valence-corrected chi connectivity index (χ1v) is 11.6. The van der Waals surface area contributed by atoms with Crippen LogP contribution in [0.1, 0.15) is 35.6 Å². The second-order valence-electron chi connectivity index (χ2n) is 8.87. The highest BCUT2D eigenvalue weighted by Crippen LogP contribution is 2.37. The Bertz CT molecular complexity index is 1090. The van der Waals surface area contributed by atoms with E-state index in [-0.39, 0.29) is 18.1 Å². The largest absolute Gasteiger partial charge is 0.487 e. The van der Waals surface area contributed by atoms with Crippen molar-refractivity contribution in [3.8, 4) is 5.75 Å². The van der Waals surface area contributed by atoms with Crippen LogP contribution in [-0.2, 0) is 30.6 Å². The Labute approximate surface area is 200 Å². The molecule has 4 rings (SSSR count). The molecule has 33 heavy (non-hydrogen) atoms. The SMILES string of the molecule is CC1(Cc2ccc(Cl)cc2)Cc2cc(CCC(=O)N(CCO)Cc3ccncc3)ccc2O1. The van der Waals surface area contributed by atoms with Gasteiger partial charge in [0.05, 0.1) is 6.61 Å². The lowest BCUT2D eigenvalue weighted by Gasteiger charge is -2.24. The fraction of sp³-hybridized carbons (Fsp3) is 0.333. The molecule has 1 aliphatic rings. The van der Waals surface area contributed by atoms with E-state index in [1.165, 1.54) is 11.1 Å². The maximum Gasteiger partial charge on any atom is 0.223 e. The van der Waals surface area contributed by atoms with Gasteiger partial charge in [-0.15, -0.1) is 0 Å². The van der Waals surface area contributed by atoms with E-state index in [1.54, 1.807) is 17.3 Å². The van der Waals surface area contributed by atoms with E-state index >= 15 is 0 Å². The number of aromatic nitrogens is 1. The van der Waals surface area contributed by atoms with Crippen LogP contribution in [0.2, 0.25) is 5.02 Å². The second kappa shape index (κ2) is 10.4. The first-order chi connectivity index (χ1) is 15.9. The fourth-order valence-corrected chi connectivity index (χ4v) is 4.52. The Hall–Kier alpha value is -2.89. The summed E-state index contributed by atoms with van der Waals surface area (Å²) >= 11 is 6.01. The minimum Gasteiger partial charge on any atom is -0.487 e. The van der Waals surface area contributed by atoms with Crippen molar-refractivity contribution in [2.75, 3.05) is 13.2 Å². The fourth-order valence-electron chi connectivity index (χ4n) is 4.39. The monoisotopic (exact) mass is 464 g/mol. The molecule has 2 heterocycles. The maximum atomic E-state index is 12.8. The maximum absolute atomic E-state index is 12.8. The zero-order chi connectivity index (χ0) is 23.3. The van der Waals surface area contributed by atoms with Gasteiger partial charge in [-0.2, -0.15) is 0 Å². The van der Waals surface area contributed by atoms with Gasteiger partial charge in [0.2, 0.25) is 5.91 Å². The quantitative estimate of drug-likeness (QED) is 0.501. The molecule has 0 aliphatic carbocycles. The lowest BCUT2D eigenvalue weighted by molar-refractivity contribution is -0.132. The van der Waals surface area contributed by atoms with Crippen molar-refractivity contribution in [3.05, 3.63) is 94.3 Å². The number of aryl methyl sites for hydroxylation is 1. The molecule has 6 heteroatoms. The van der Waals surface area contributed by atoms with Gasteiger partial charge in [-0.05, 0) is 65.9 Å². The molecule has 0 radical (unpaired) electrons. The number of halogens is 1. The van der Waals surface area contributed by atoms with Gasteiger partial charge in [0.25, 0.3) is 0 Å². The molecule has 0 saturated carbocycles. The summed E-state index contributed by atoms with van der Waals surface area (Å²) in [7, 11) is 0. The number of fused-ring (bicyclic) bond motifs is 1. The topological polar surface area (TPSA) is 62.7 Å². The molecule has 0 bridgehead atoms. The summed E-state index contributed by atoms with van der Waals surface area (Å²) in [5, 5.41) is 10.1. The third-order valence-corrected chi connectivity index (χ3v) is 6.26. The number of rotatable bonds is 9. The summed E-state index contributed by atoms with van der Waals surface area (Å²) in [5.74, 6) is 0.950. The van der Waals surface area contributed by atoms with Gasteiger partial charge in [0, 0.05) is 49.8 Å². The predicted octanol–water partition coefficient (Wildman–Crippen LogP) is 4.63. The Kier molecular flexibility index (Phi) is 7.31. The lowest BCUT2D eigenvalue weighted by atomic mass is 9.91. The van der Waals surface area contributed by atoms with Gasteiger partial charge in [0.15, 0.2) is 0 Å². The van der Waals surface area contributed by atoms with Crippen LogP contribution in [0, 0.1) is 0 Å². The highest BCUT2D eigenvalue weighted by molar-refractivity contribution is 6.30. The number of amides is 1. The summed E-state index contributed by atoms with van der Waals surface area (Å²) < 4.78 is 6.30. The number of ether oxygens (including phenoxy) is 1. The molecule has 1 amide bonds. The zero-order valence-corrected chi connectivity index (χ0v) is 19.6. The number of aliphatic hydroxyl groups is 1. The third-order valence-electron chi connectivity index (χ3n) is 6.01. The van der Waals surface area contributed by atoms with Crippen LogP contribution in [0.25, 0.3) is 0 Å². The summed E-state index contributed by atoms with van der Waals surface area (Å²) in [6.45, 7) is 2.88. The molecule has 1 atom stereocenters. The molecule has 3 aromatic rings. The number of carbonyl (C=O) groups excluding carboxylic acids is 1. The Morgan fingerprint density at radius 2 is 1.82 bits per heavy atom. The van der Waals surface area contributed by atoms with Crippen LogP contribution in [0.3, 0.4) is 0 Å². The standard InChI is InChI=1S/C27H29ClN2O3/c1-27(17-21-2-6-24(28)7-3-21)18-23-16-20(4-8-25(23)33-27)5-9-26(32)30(14-15-31)19-22-10-12-29-13-11-22/h2-4,6-8,10-13,16,31H,5,9,14-15,17-19H2,1H3. The molecular weight excluding hydrogens is 436 g/mol. The average Bonchev–Trinajstić information content (AvgIpc) is 3.14. The van der Waals surface area contributed by atoms with Gasteiger partial charge in [0.1, 0.15) is 11.4 Å². The summed E-state index contributed by atoms with van der Waals surface area (Å²) in [5.41, 5.74) is 4.20. The summed E-state index contributed by atoms with van der Waals surface area (Å²) in [4.78, 5) is 18.6. The van der Waals surface area contributed by atoms with E-state index in [0.717, 1.165) is 34.7 Å². The van der Waals surface area contributed by atoms with Crippen LogP contribution < -0.4 is 4.74 Å². The third kappa shape index (κ3) is 6.12. The van der Waals surface area contributed by atoms with Gasteiger partial charge in [-0.1, -0.05) is 35.9 Å². The molecule has 1 unspecified atom stereocenters. The molecule has 1 aliphatic heterocycles. The Morgan fingerprint density at radius 1 is 1.09 bits per heavy atom. The van der Waals surface area contributed by atoms with Crippen molar-refractivity contribution >= 4 is 17.5 Å². The van der Waals surface area contributed by atoms with E-state index in [4.69, 9.17) is 16.3 Å². The zero-order valence-electron chi connectivity index (χ0n) is 18.8. The van der Waals surface area contributed by atoms with Crippen LogP contribution in [-0.4, -0.2) is 39.7 Å². The molecular formula is C27H29ClN2O3. The van der Waals surface area contributed by atoms with Crippen LogP contribution in [0.5, 0.6) is 5.75 Å². The van der Waals surface area contributed by atoms with Crippen LogP contribution in [0.4, 0.5) is 0 Å². The van der Waals surface area contributed by atoms with Gasteiger partial charge >= 0.3 is 0 Å². The first-order valence-electron chi connectivity index (χ1n) is 11.3. The molecule has 2 aromatic carbocycles. The lowest BCUT2D eigenvalue weighted by Crippen LogP contribution is -2.33. The van der Waals surface area contributed by atoms with E-state index < -0.39 is 0 Å². The van der Waals surface area contributed by atoms with Crippen molar-refractivity contribution in [1.29, 1.82) is 0 Å². The summed E-state index contributed by atoms with van der Waals surface area (Å²) in [6, 6.07) is 17.9. The van der Waals surface area contributed by atoms with Crippen molar-refractivity contribution in [2.24, 2.45) is 0 Å². The van der Waals surface area contributed by atoms with Crippen molar-refractivity contribution in [1.82, 2.24) is 9.88 Å². The summed E-state index contributed by atoms with van der Waals surface area (Å²) in [6.07, 6.45) is 6.10. The number of carbonyl (C=O) groups is 1. The highest BCUT2D eigenvalue weighted by Gasteiger charge is 2.35. The predicted molar refractivity (Wildman–Crippen MR) is 129 cm³/mol. The number of hydrogen-bond donors (Lipinski definition) is 1. The minimum absolute atomic E-state index is 0.0326. The van der Waals surface area contributed by atoms with Crippen LogP contribution >= 0.6 is 11.6 Å². The second-order valence-corrected chi connectivity index (χ2v) is 9.30. The molecule has 0 fully saturated rings. The molecule has 0 spiro atoms. The van der Waals surface area contributed by atoms with Crippen molar-refractivity contribution < 1.29 is 14.6 Å². The van der Waals surface area contributed by atoms with Crippen LogP contribution in [0.15, 0.2) is 67.0 Å².